The lowest BCUT2D eigenvalue weighted by molar-refractivity contribution is 0.233. The van der Waals surface area contributed by atoms with Gasteiger partial charge in [-0.2, -0.15) is 0 Å². The summed E-state index contributed by atoms with van der Waals surface area (Å²) >= 11 is 0. The molecular weight excluding hydrogens is 267 g/mol. The van der Waals surface area contributed by atoms with E-state index >= 15 is 0 Å². The predicted octanol–water partition coefficient (Wildman–Crippen LogP) is 2.86. The minimum Gasteiger partial charge on any atom is -0.314 e. The minimum absolute atomic E-state index is 0. The standard InChI is InChI=1S/C14H22N2.2ClH/c1-11-4-5-14(13(3)12(11)2)10-16-8-6-15-7-9-16;;/h4-5,15H,6-10H2,1-3H3;2*1H. The van der Waals surface area contributed by atoms with E-state index in [0.717, 1.165) is 19.6 Å². The number of nitrogens with one attached hydrogen (secondary N) is 1. The van der Waals surface area contributed by atoms with Crippen LogP contribution >= 0.6 is 24.8 Å². The van der Waals surface area contributed by atoms with Crippen LogP contribution in [0.15, 0.2) is 12.1 Å². The highest BCUT2D eigenvalue weighted by Crippen LogP contribution is 2.18. The lowest BCUT2D eigenvalue weighted by Gasteiger charge is -2.28. The number of nitrogens with zero attached hydrogens (tertiary/aromatic N) is 1. The molecule has 4 heteroatoms. The molecule has 0 spiro atoms. The Hall–Kier alpha value is -0.280. The SMILES string of the molecule is Cc1ccc(CN2CCNCC2)c(C)c1C.Cl.Cl. The van der Waals surface area contributed by atoms with Crippen molar-refractivity contribution in [1.29, 1.82) is 0 Å². The maximum absolute atomic E-state index is 3.39. The Morgan fingerprint density at radius 2 is 1.61 bits per heavy atom. The van der Waals surface area contributed by atoms with Gasteiger partial charge in [-0.25, -0.2) is 0 Å². The van der Waals surface area contributed by atoms with Gasteiger partial charge in [-0.3, -0.25) is 4.90 Å². The molecule has 1 aliphatic rings. The molecule has 0 unspecified atom stereocenters. The summed E-state index contributed by atoms with van der Waals surface area (Å²) < 4.78 is 0. The maximum atomic E-state index is 3.39. The van der Waals surface area contributed by atoms with Gasteiger partial charge in [-0.15, -0.1) is 24.8 Å². The van der Waals surface area contributed by atoms with E-state index < -0.39 is 0 Å². The van der Waals surface area contributed by atoms with Crippen LogP contribution in [0.2, 0.25) is 0 Å². The second kappa shape index (κ2) is 8.00. The van der Waals surface area contributed by atoms with Crippen molar-refractivity contribution in [1.82, 2.24) is 10.2 Å². The van der Waals surface area contributed by atoms with E-state index in [0.29, 0.717) is 0 Å². The zero-order valence-electron chi connectivity index (χ0n) is 11.5. The van der Waals surface area contributed by atoms with Crippen LogP contribution in [-0.2, 0) is 6.54 Å². The molecule has 1 aliphatic heterocycles. The molecule has 0 aromatic heterocycles. The lowest BCUT2D eigenvalue weighted by atomic mass is 9.98. The lowest BCUT2D eigenvalue weighted by Crippen LogP contribution is -2.43. The second-order valence-corrected chi connectivity index (χ2v) is 4.82. The molecule has 0 bridgehead atoms. The van der Waals surface area contributed by atoms with Crippen molar-refractivity contribution in [3.05, 3.63) is 34.4 Å². The molecule has 0 amide bonds. The maximum Gasteiger partial charge on any atom is 0.0237 e. The van der Waals surface area contributed by atoms with Gasteiger partial charge in [-0.05, 0) is 43.0 Å². The van der Waals surface area contributed by atoms with E-state index in [1.54, 1.807) is 0 Å². The van der Waals surface area contributed by atoms with E-state index in [2.05, 4.69) is 43.1 Å². The number of hydrogen-bond donors (Lipinski definition) is 1. The topological polar surface area (TPSA) is 15.3 Å². The highest BCUT2D eigenvalue weighted by Gasteiger charge is 2.12. The first kappa shape index (κ1) is 17.7. The molecule has 1 N–H and O–H groups in total. The molecule has 1 saturated heterocycles. The van der Waals surface area contributed by atoms with E-state index in [9.17, 15) is 0 Å². The van der Waals surface area contributed by atoms with E-state index in [-0.39, 0.29) is 24.8 Å². The summed E-state index contributed by atoms with van der Waals surface area (Å²) in [5.41, 5.74) is 5.82. The Morgan fingerprint density at radius 3 is 2.22 bits per heavy atom. The first-order valence-corrected chi connectivity index (χ1v) is 6.17. The summed E-state index contributed by atoms with van der Waals surface area (Å²) in [6.45, 7) is 12.4. The van der Waals surface area contributed by atoms with Gasteiger partial charge in [0, 0.05) is 32.7 Å². The summed E-state index contributed by atoms with van der Waals surface area (Å²) in [4.78, 5) is 2.54. The van der Waals surface area contributed by atoms with Gasteiger partial charge >= 0.3 is 0 Å². The van der Waals surface area contributed by atoms with E-state index in [1.165, 1.54) is 35.3 Å². The normalized spacial score (nSPS) is 15.7. The predicted molar refractivity (Wildman–Crippen MR) is 83.3 cm³/mol. The van der Waals surface area contributed by atoms with Crippen LogP contribution in [0.4, 0.5) is 0 Å². The average molecular weight is 291 g/mol. The number of benzene rings is 1. The molecule has 1 fully saturated rings. The Kier molecular flexibility index (Phi) is 7.88. The summed E-state index contributed by atoms with van der Waals surface area (Å²) in [7, 11) is 0. The van der Waals surface area contributed by atoms with Crippen molar-refractivity contribution in [2.45, 2.75) is 27.3 Å². The molecule has 0 atom stereocenters. The van der Waals surface area contributed by atoms with Crippen molar-refractivity contribution in [3.63, 3.8) is 0 Å². The quantitative estimate of drug-likeness (QED) is 0.901. The Morgan fingerprint density at radius 1 is 1.00 bits per heavy atom. The molecule has 0 radical (unpaired) electrons. The fraction of sp³-hybridized carbons (Fsp3) is 0.571. The Labute approximate surface area is 123 Å². The fourth-order valence-corrected chi connectivity index (χ4v) is 2.29. The molecular formula is C14H24Cl2N2. The van der Waals surface area contributed by atoms with Crippen LogP contribution in [0, 0.1) is 20.8 Å². The monoisotopic (exact) mass is 290 g/mol. The Bertz CT molecular complexity index is 374. The molecule has 18 heavy (non-hydrogen) atoms. The molecule has 1 aromatic rings. The van der Waals surface area contributed by atoms with Crippen molar-refractivity contribution < 1.29 is 0 Å². The highest BCUT2D eigenvalue weighted by molar-refractivity contribution is 5.85. The van der Waals surface area contributed by atoms with Gasteiger partial charge in [0.1, 0.15) is 0 Å². The summed E-state index contributed by atoms with van der Waals surface area (Å²) in [5, 5.41) is 3.39. The van der Waals surface area contributed by atoms with Crippen LogP contribution in [0.5, 0.6) is 0 Å². The van der Waals surface area contributed by atoms with Crippen molar-refractivity contribution in [2.24, 2.45) is 0 Å². The molecule has 104 valence electrons. The van der Waals surface area contributed by atoms with Gasteiger partial charge in [0.25, 0.3) is 0 Å². The van der Waals surface area contributed by atoms with Gasteiger partial charge in [0.15, 0.2) is 0 Å². The zero-order valence-corrected chi connectivity index (χ0v) is 13.1. The zero-order chi connectivity index (χ0) is 11.5. The van der Waals surface area contributed by atoms with E-state index in [1.807, 2.05) is 0 Å². The number of hydrogen-bond acceptors (Lipinski definition) is 2. The fourth-order valence-electron chi connectivity index (χ4n) is 2.29. The minimum atomic E-state index is 0. The third-order valence-corrected chi connectivity index (χ3v) is 3.77. The number of halogens is 2. The van der Waals surface area contributed by atoms with Crippen LogP contribution in [0.1, 0.15) is 22.3 Å². The third kappa shape index (κ3) is 4.13. The molecule has 2 nitrogen and oxygen atoms in total. The Balaban J connectivity index is 0.00000144. The average Bonchev–Trinajstić information content (AvgIpc) is 2.31. The second-order valence-electron chi connectivity index (χ2n) is 4.82. The van der Waals surface area contributed by atoms with Crippen molar-refractivity contribution >= 4 is 24.8 Å². The van der Waals surface area contributed by atoms with Crippen LogP contribution < -0.4 is 5.32 Å². The van der Waals surface area contributed by atoms with Gasteiger partial charge in [0.2, 0.25) is 0 Å². The molecule has 0 saturated carbocycles. The highest BCUT2D eigenvalue weighted by atomic mass is 35.5. The smallest absolute Gasteiger partial charge is 0.0237 e. The van der Waals surface area contributed by atoms with Crippen molar-refractivity contribution in [2.75, 3.05) is 26.2 Å². The van der Waals surface area contributed by atoms with Crippen LogP contribution in [-0.4, -0.2) is 31.1 Å². The number of rotatable bonds is 2. The third-order valence-electron chi connectivity index (χ3n) is 3.77. The van der Waals surface area contributed by atoms with Gasteiger partial charge in [0.05, 0.1) is 0 Å². The van der Waals surface area contributed by atoms with Crippen molar-refractivity contribution in [3.8, 4) is 0 Å². The first-order valence-electron chi connectivity index (χ1n) is 6.17. The molecule has 1 heterocycles. The van der Waals surface area contributed by atoms with Crippen LogP contribution in [0.3, 0.4) is 0 Å². The largest absolute Gasteiger partial charge is 0.314 e. The molecule has 1 aromatic carbocycles. The van der Waals surface area contributed by atoms with Gasteiger partial charge < -0.3 is 5.32 Å². The molecule has 0 aliphatic carbocycles. The summed E-state index contributed by atoms with van der Waals surface area (Å²) in [5.74, 6) is 0. The van der Waals surface area contributed by atoms with Crippen LogP contribution in [0.25, 0.3) is 0 Å². The van der Waals surface area contributed by atoms with Gasteiger partial charge in [-0.1, -0.05) is 12.1 Å². The molecule has 2 rings (SSSR count). The summed E-state index contributed by atoms with van der Waals surface area (Å²) in [6, 6.07) is 4.54. The number of aryl methyl sites for hydroxylation is 1. The number of piperazine rings is 1. The summed E-state index contributed by atoms with van der Waals surface area (Å²) in [6.07, 6.45) is 0. The first-order chi connectivity index (χ1) is 7.68. The van der Waals surface area contributed by atoms with E-state index in [4.69, 9.17) is 0 Å².